The smallest absolute Gasteiger partial charge is 0.0641 e. The lowest BCUT2D eigenvalue weighted by atomic mass is 10.0. The Balaban J connectivity index is 0.988. The highest BCUT2D eigenvalue weighted by atomic mass is 15.0. The SMILES string of the molecule is c1ccc(-c2ccc(-n3c4ccccc4c4c3ccc3c5ccccc5n(-c5cccc(-c6ccc7c(c6)c6ccccc6n7-c6cccc(-c7ccccc7)c6)c5)c34)cc2)cc1. The summed E-state index contributed by atoms with van der Waals surface area (Å²) in [5, 5.41) is 7.46. The summed E-state index contributed by atoms with van der Waals surface area (Å²) in [6.07, 6.45) is 0. The molecule has 63 heavy (non-hydrogen) atoms. The van der Waals surface area contributed by atoms with Crippen LogP contribution in [0.2, 0.25) is 0 Å². The Hall–Kier alpha value is -8.40. The number of aromatic nitrogens is 3. The van der Waals surface area contributed by atoms with E-state index in [4.69, 9.17) is 0 Å². The lowest BCUT2D eigenvalue weighted by Gasteiger charge is -2.13. The summed E-state index contributed by atoms with van der Waals surface area (Å²) in [7, 11) is 0. The second-order valence-electron chi connectivity index (χ2n) is 16.5. The number of benzene rings is 10. The zero-order valence-corrected chi connectivity index (χ0v) is 34.4. The summed E-state index contributed by atoms with van der Waals surface area (Å²) in [5.41, 5.74) is 17.8. The Kier molecular flexibility index (Phi) is 7.91. The van der Waals surface area contributed by atoms with E-state index in [9.17, 15) is 0 Å². The zero-order chi connectivity index (χ0) is 41.4. The van der Waals surface area contributed by atoms with Gasteiger partial charge in [-0.15, -0.1) is 0 Å². The second-order valence-corrected chi connectivity index (χ2v) is 16.5. The molecule has 0 radical (unpaired) electrons. The highest BCUT2D eigenvalue weighted by Gasteiger charge is 2.21. The minimum atomic E-state index is 1.13. The minimum absolute atomic E-state index is 1.13. The van der Waals surface area contributed by atoms with Crippen LogP contribution in [0.5, 0.6) is 0 Å². The van der Waals surface area contributed by atoms with Crippen LogP contribution in [0.1, 0.15) is 0 Å². The van der Waals surface area contributed by atoms with Crippen molar-refractivity contribution in [2.45, 2.75) is 0 Å². The summed E-state index contributed by atoms with van der Waals surface area (Å²) in [4.78, 5) is 0. The van der Waals surface area contributed by atoms with Gasteiger partial charge in [-0.25, -0.2) is 0 Å². The Morgan fingerprint density at radius 3 is 1.32 bits per heavy atom. The first-order valence-corrected chi connectivity index (χ1v) is 21.7. The van der Waals surface area contributed by atoms with Gasteiger partial charge in [0.2, 0.25) is 0 Å². The number of nitrogens with zero attached hydrogens (tertiary/aromatic N) is 3. The van der Waals surface area contributed by atoms with Crippen molar-refractivity contribution >= 4 is 65.4 Å². The molecule has 0 aliphatic heterocycles. The Morgan fingerprint density at radius 2 is 0.635 bits per heavy atom. The van der Waals surface area contributed by atoms with E-state index >= 15 is 0 Å². The van der Waals surface area contributed by atoms with E-state index in [0.29, 0.717) is 0 Å². The molecule has 0 aliphatic carbocycles. The van der Waals surface area contributed by atoms with Crippen LogP contribution in [0.25, 0.3) is 116 Å². The van der Waals surface area contributed by atoms with Gasteiger partial charge in [-0.3, -0.25) is 0 Å². The molecule has 294 valence electrons. The van der Waals surface area contributed by atoms with E-state index in [2.05, 4.69) is 250 Å². The molecule has 13 aromatic rings. The van der Waals surface area contributed by atoms with Crippen LogP contribution in [-0.2, 0) is 0 Å². The molecular weight excluding hydrogens is 763 g/mol. The highest BCUT2D eigenvalue weighted by Crippen LogP contribution is 2.43. The van der Waals surface area contributed by atoms with E-state index in [1.54, 1.807) is 0 Å². The maximum absolute atomic E-state index is 2.50. The van der Waals surface area contributed by atoms with E-state index in [0.717, 1.165) is 17.1 Å². The zero-order valence-electron chi connectivity index (χ0n) is 34.4. The van der Waals surface area contributed by atoms with Gasteiger partial charge in [0.1, 0.15) is 0 Å². The molecule has 3 heterocycles. The molecule has 0 saturated carbocycles. The standard InChI is InChI=1S/C60H39N3/c1-3-15-40(16-4-1)42-29-32-46(33-30-42)61-56-28-12-9-25-52(56)59-58(61)36-34-51-49-23-7-11-27-55(49)63(60(51)59)48-22-14-20-44(38-48)45-31-35-57-53(39-45)50-24-8-10-26-54(50)62(57)47-21-13-19-43(37-47)41-17-5-2-6-18-41/h1-39H. The topological polar surface area (TPSA) is 14.8 Å². The molecular formula is C60H39N3. The normalized spacial score (nSPS) is 11.8. The fraction of sp³-hybridized carbons (Fsp3) is 0. The van der Waals surface area contributed by atoms with E-state index < -0.39 is 0 Å². The van der Waals surface area contributed by atoms with E-state index in [1.165, 1.54) is 98.8 Å². The Morgan fingerprint density at radius 1 is 0.206 bits per heavy atom. The first kappa shape index (κ1) is 35.4. The summed E-state index contributed by atoms with van der Waals surface area (Å²) >= 11 is 0. The van der Waals surface area contributed by atoms with Crippen molar-refractivity contribution in [1.29, 1.82) is 0 Å². The maximum Gasteiger partial charge on any atom is 0.0641 e. The van der Waals surface area contributed by atoms with Gasteiger partial charge in [-0.2, -0.15) is 0 Å². The average molecular weight is 802 g/mol. The summed E-state index contributed by atoms with van der Waals surface area (Å²) in [5.74, 6) is 0. The van der Waals surface area contributed by atoms with Gasteiger partial charge < -0.3 is 13.7 Å². The molecule has 0 N–H and O–H groups in total. The van der Waals surface area contributed by atoms with Gasteiger partial charge in [0.05, 0.1) is 33.1 Å². The van der Waals surface area contributed by atoms with Crippen molar-refractivity contribution in [3.8, 4) is 50.4 Å². The van der Waals surface area contributed by atoms with Crippen LogP contribution in [0.15, 0.2) is 237 Å². The Bertz CT molecular complexity index is 3880. The monoisotopic (exact) mass is 801 g/mol. The maximum atomic E-state index is 2.50. The van der Waals surface area contributed by atoms with Crippen molar-refractivity contribution < 1.29 is 0 Å². The fourth-order valence-electron chi connectivity index (χ4n) is 10.2. The molecule has 0 amide bonds. The number of hydrogen-bond acceptors (Lipinski definition) is 0. The van der Waals surface area contributed by atoms with Crippen LogP contribution in [0, 0.1) is 0 Å². The van der Waals surface area contributed by atoms with Crippen molar-refractivity contribution in [2.24, 2.45) is 0 Å². The van der Waals surface area contributed by atoms with Gasteiger partial charge in [-0.05, 0) is 106 Å². The van der Waals surface area contributed by atoms with Crippen molar-refractivity contribution in [2.75, 3.05) is 0 Å². The predicted molar refractivity (Wildman–Crippen MR) is 266 cm³/mol. The molecule has 0 fully saturated rings. The Labute approximate surface area is 364 Å². The molecule has 0 bridgehead atoms. The van der Waals surface area contributed by atoms with Gasteiger partial charge >= 0.3 is 0 Å². The molecule has 0 unspecified atom stereocenters. The number of hydrogen-bond donors (Lipinski definition) is 0. The van der Waals surface area contributed by atoms with Gasteiger partial charge in [0.25, 0.3) is 0 Å². The van der Waals surface area contributed by atoms with Gasteiger partial charge in [-0.1, -0.05) is 164 Å². The van der Waals surface area contributed by atoms with Crippen molar-refractivity contribution in [1.82, 2.24) is 13.7 Å². The first-order valence-electron chi connectivity index (χ1n) is 21.7. The number of rotatable bonds is 6. The molecule has 3 aromatic heterocycles. The lowest BCUT2D eigenvalue weighted by Crippen LogP contribution is -1.96. The van der Waals surface area contributed by atoms with Crippen LogP contribution in [0.3, 0.4) is 0 Å². The summed E-state index contributed by atoms with van der Waals surface area (Å²) < 4.78 is 7.34. The van der Waals surface area contributed by atoms with Crippen LogP contribution in [-0.4, -0.2) is 13.7 Å². The third-order valence-electron chi connectivity index (χ3n) is 13.0. The molecule has 0 aliphatic rings. The molecule has 0 spiro atoms. The summed E-state index contributed by atoms with van der Waals surface area (Å²) in [6.45, 7) is 0. The average Bonchev–Trinajstić information content (AvgIpc) is 4.00. The van der Waals surface area contributed by atoms with Crippen LogP contribution >= 0.6 is 0 Å². The van der Waals surface area contributed by atoms with E-state index in [-0.39, 0.29) is 0 Å². The van der Waals surface area contributed by atoms with Crippen molar-refractivity contribution in [3.63, 3.8) is 0 Å². The predicted octanol–water partition coefficient (Wildman–Crippen LogP) is 16.0. The van der Waals surface area contributed by atoms with Crippen LogP contribution in [0.4, 0.5) is 0 Å². The molecule has 0 atom stereocenters. The fourth-order valence-corrected chi connectivity index (χ4v) is 10.2. The number of fused-ring (bicyclic) bond motifs is 10. The summed E-state index contributed by atoms with van der Waals surface area (Å²) in [6, 6.07) is 86.4. The highest BCUT2D eigenvalue weighted by molar-refractivity contribution is 6.26. The van der Waals surface area contributed by atoms with E-state index in [1.807, 2.05) is 0 Å². The first-order chi connectivity index (χ1) is 31.3. The molecule has 0 saturated heterocycles. The molecule has 3 heteroatoms. The molecule has 10 aromatic carbocycles. The molecule has 3 nitrogen and oxygen atoms in total. The third kappa shape index (κ3) is 5.53. The van der Waals surface area contributed by atoms with Crippen molar-refractivity contribution in [3.05, 3.63) is 237 Å². The largest absolute Gasteiger partial charge is 0.309 e. The second kappa shape index (κ2) is 14.1. The number of para-hydroxylation sites is 3. The van der Waals surface area contributed by atoms with Gasteiger partial charge in [0, 0.05) is 49.4 Å². The van der Waals surface area contributed by atoms with Crippen LogP contribution < -0.4 is 0 Å². The molecule has 13 rings (SSSR count). The van der Waals surface area contributed by atoms with Gasteiger partial charge in [0.15, 0.2) is 0 Å². The lowest BCUT2D eigenvalue weighted by molar-refractivity contribution is 1.17. The quantitative estimate of drug-likeness (QED) is 0.159. The third-order valence-corrected chi connectivity index (χ3v) is 13.0. The minimum Gasteiger partial charge on any atom is -0.309 e.